The number of rotatable bonds is 5. The van der Waals surface area contributed by atoms with Crippen LogP contribution in [0.15, 0.2) is 29.3 Å². The summed E-state index contributed by atoms with van der Waals surface area (Å²) >= 11 is 5.96. The topological polar surface area (TPSA) is 46.1 Å². The minimum atomic E-state index is 0. The van der Waals surface area contributed by atoms with Gasteiger partial charge in [0.1, 0.15) is 12.4 Å². The lowest BCUT2D eigenvalue weighted by atomic mass is 9.87. The van der Waals surface area contributed by atoms with Gasteiger partial charge in [-0.05, 0) is 38.0 Å². The van der Waals surface area contributed by atoms with Gasteiger partial charge in [0.25, 0.3) is 0 Å². The third-order valence-electron chi connectivity index (χ3n) is 4.68. The average Bonchev–Trinajstić information content (AvgIpc) is 3.21. The van der Waals surface area contributed by atoms with Crippen molar-refractivity contribution in [2.45, 2.75) is 19.8 Å². The summed E-state index contributed by atoms with van der Waals surface area (Å²) in [7, 11) is 0. The molecule has 0 aliphatic carbocycles. The standard InChI is InChI=1S/C18H26ClN3O2.HI/c1-2-20-17(22-9-6-18(13-22)7-10-23-14-18)21-8-11-24-16-5-3-4-15(19)12-16;/h3-5,12H,2,6-11,13-14H2,1H3,(H,20,21);1H. The second kappa shape index (κ2) is 9.83. The number of halogens is 2. The van der Waals surface area contributed by atoms with Crippen LogP contribution in [0, 0.1) is 5.41 Å². The van der Waals surface area contributed by atoms with Gasteiger partial charge in [0, 0.05) is 36.7 Å². The molecule has 1 N–H and O–H groups in total. The van der Waals surface area contributed by atoms with Crippen LogP contribution in [0.1, 0.15) is 19.8 Å². The fourth-order valence-corrected chi connectivity index (χ4v) is 3.57. The Kier molecular flexibility index (Phi) is 8.09. The van der Waals surface area contributed by atoms with Crippen LogP contribution in [0.4, 0.5) is 0 Å². The van der Waals surface area contributed by atoms with E-state index < -0.39 is 0 Å². The molecule has 5 nitrogen and oxygen atoms in total. The van der Waals surface area contributed by atoms with Crippen molar-refractivity contribution in [3.05, 3.63) is 29.3 Å². The van der Waals surface area contributed by atoms with Crippen molar-refractivity contribution in [3.8, 4) is 5.75 Å². The van der Waals surface area contributed by atoms with E-state index >= 15 is 0 Å². The number of nitrogens with one attached hydrogen (secondary N) is 1. The Morgan fingerprint density at radius 1 is 1.44 bits per heavy atom. The molecule has 0 aromatic heterocycles. The van der Waals surface area contributed by atoms with Crippen molar-refractivity contribution in [1.29, 1.82) is 0 Å². The highest BCUT2D eigenvalue weighted by Crippen LogP contribution is 2.38. The second-order valence-corrected chi connectivity index (χ2v) is 6.95. The Morgan fingerprint density at radius 2 is 2.32 bits per heavy atom. The van der Waals surface area contributed by atoms with E-state index in [0.29, 0.717) is 23.6 Å². The van der Waals surface area contributed by atoms with Gasteiger partial charge in [-0.15, -0.1) is 24.0 Å². The molecule has 0 bridgehead atoms. The zero-order valence-corrected chi connectivity index (χ0v) is 17.8. The summed E-state index contributed by atoms with van der Waals surface area (Å²) in [5.41, 5.74) is 0.341. The maximum atomic E-state index is 5.96. The summed E-state index contributed by atoms with van der Waals surface area (Å²) in [6.45, 7) is 8.00. The third-order valence-corrected chi connectivity index (χ3v) is 4.91. The molecule has 1 spiro atoms. The zero-order valence-electron chi connectivity index (χ0n) is 14.7. The molecule has 0 amide bonds. The van der Waals surface area contributed by atoms with Crippen LogP contribution in [-0.2, 0) is 4.74 Å². The summed E-state index contributed by atoms with van der Waals surface area (Å²) in [6.07, 6.45) is 2.36. The number of nitrogens with zero attached hydrogens (tertiary/aromatic N) is 2. The molecule has 3 rings (SSSR count). The highest BCUT2D eigenvalue weighted by molar-refractivity contribution is 14.0. The van der Waals surface area contributed by atoms with Crippen molar-refractivity contribution in [1.82, 2.24) is 10.2 Å². The SMILES string of the molecule is CCNC(=NCCOc1cccc(Cl)c1)N1CCC2(CCOC2)C1.I. The fourth-order valence-electron chi connectivity index (χ4n) is 3.38. The van der Waals surface area contributed by atoms with Crippen LogP contribution in [0.25, 0.3) is 0 Å². The first kappa shape index (κ1) is 20.6. The third kappa shape index (κ3) is 5.62. The molecule has 2 heterocycles. The van der Waals surface area contributed by atoms with E-state index in [9.17, 15) is 0 Å². The Labute approximate surface area is 172 Å². The van der Waals surface area contributed by atoms with Crippen LogP contribution in [0.3, 0.4) is 0 Å². The average molecular weight is 480 g/mol. The predicted octanol–water partition coefficient (Wildman–Crippen LogP) is 3.41. The number of hydrogen-bond acceptors (Lipinski definition) is 3. The number of likely N-dealkylation sites (tertiary alicyclic amines) is 1. The number of hydrogen-bond donors (Lipinski definition) is 1. The van der Waals surface area contributed by atoms with Crippen molar-refractivity contribution < 1.29 is 9.47 Å². The van der Waals surface area contributed by atoms with Gasteiger partial charge in [-0.3, -0.25) is 0 Å². The maximum absolute atomic E-state index is 5.96. The monoisotopic (exact) mass is 479 g/mol. The Bertz CT molecular complexity index is 579. The largest absolute Gasteiger partial charge is 0.492 e. The van der Waals surface area contributed by atoms with Crippen molar-refractivity contribution in [3.63, 3.8) is 0 Å². The number of guanidine groups is 1. The van der Waals surface area contributed by atoms with Crippen molar-refractivity contribution >= 4 is 41.5 Å². The van der Waals surface area contributed by atoms with Gasteiger partial charge >= 0.3 is 0 Å². The first-order valence-corrected chi connectivity index (χ1v) is 9.08. The summed E-state index contributed by atoms with van der Waals surface area (Å²) in [5, 5.41) is 4.08. The van der Waals surface area contributed by atoms with Gasteiger partial charge in [-0.25, -0.2) is 4.99 Å². The lowest BCUT2D eigenvalue weighted by molar-refractivity contribution is 0.156. The first-order chi connectivity index (χ1) is 11.7. The number of aliphatic imine (C=N–C) groups is 1. The highest BCUT2D eigenvalue weighted by atomic mass is 127. The summed E-state index contributed by atoms with van der Waals surface area (Å²) in [5.74, 6) is 1.77. The van der Waals surface area contributed by atoms with Crippen LogP contribution >= 0.6 is 35.6 Å². The van der Waals surface area contributed by atoms with E-state index in [0.717, 1.165) is 44.6 Å². The predicted molar refractivity (Wildman–Crippen MR) is 112 cm³/mol. The van der Waals surface area contributed by atoms with Gasteiger partial charge in [-0.2, -0.15) is 0 Å². The van der Waals surface area contributed by atoms with Crippen LogP contribution in [0.5, 0.6) is 5.75 Å². The van der Waals surface area contributed by atoms with Gasteiger partial charge < -0.3 is 19.7 Å². The zero-order chi connectivity index (χ0) is 16.8. The van der Waals surface area contributed by atoms with E-state index in [2.05, 4.69) is 17.1 Å². The molecule has 2 aliphatic rings. The molecular weight excluding hydrogens is 453 g/mol. The van der Waals surface area contributed by atoms with Crippen LogP contribution in [-0.4, -0.2) is 56.9 Å². The minimum Gasteiger partial charge on any atom is -0.492 e. The molecule has 1 aromatic rings. The van der Waals surface area contributed by atoms with Crippen LogP contribution in [0.2, 0.25) is 5.02 Å². The molecule has 1 atom stereocenters. The van der Waals surface area contributed by atoms with Crippen molar-refractivity contribution in [2.75, 3.05) is 46.0 Å². The molecule has 0 radical (unpaired) electrons. The fraction of sp³-hybridized carbons (Fsp3) is 0.611. The van der Waals surface area contributed by atoms with E-state index in [4.69, 9.17) is 26.1 Å². The van der Waals surface area contributed by atoms with Gasteiger partial charge in [0.15, 0.2) is 5.96 Å². The molecule has 2 saturated heterocycles. The second-order valence-electron chi connectivity index (χ2n) is 6.52. The molecule has 7 heteroatoms. The molecular formula is C18H27ClIN3O2. The van der Waals surface area contributed by atoms with Crippen LogP contribution < -0.4 is 10.1 Å². The lowest BCUT2D eigenvalue weighted by Gasteiger charge is -2.25. The van der Waals surface area contributed by atoms with E-state index in [1.54, 1.807) is 0 Å². The Balaban J connectivity index is 0.00000225. The highest BCUT2D eigenvalue weighted by Gasteiger charge is 2.42. The van der Waals surface area contributed by atoms with Gasteiger partial charge in [0.2, 0.25) is 0 Å². The molecule has 2 fully saturated rings. The van der Waals surface area contributed by atoms with Gasteiger partial charge in [-0.1, -0.05) is 17.7 Å². The molecule has 0 saturated carbocycles. The molecule has 140 valence electrons. The smallest absolute Gasteiger partial charge is 0.194 e. The molecule has 1 aromatic carbocycles. The number of ether oxygens (including phenoxy) is 2. The minimum absolute atomic E-state index is 0. The Morgan fingerprint density at radius 3 is 3.04 bits per heavy atom. The normalized spacial score (nSPS) is 23.0. The summed E-state index contributed by atoms with van der Waals surface area (Å²) in [6, 6.07) is 7.45. The number of benzene rings is 1. The maximum Gasteiger partial charge on any atom is 0.194 e. The van der Waals surface area contributed by atoms with Crippen molar-refractivity contribution in [2.24, 2.45) is 10.4 Å². The van der Waals surface area contributed by atoms with E-state index in [-0.39, 0.29) is 24.0 Å². The van der Waals surface area contributed by atoms with Gasteiger partial charge in [0.05, 0.1) is 13.2 Å². The molecule has 25 heavy (non-hydrogen) atoms. The lowest BCUT2D eigenvalue weighted by Crippen LogP contribution is -2.41. The quantitative estimate of drug-likeness (QED) is 0.304. The first-order valence-electron chi connectivity index (χ1n) is 8.70. The molecule has 1 unspecified atom stereocenters. The Hall–Kier alpha value is -0.730. The molecule has 2 aliphatic heterocycles. The van der Waals surface area contributed by atoms with E-state index in [1.165, 1.54) is 12.8 Å². The summed E-state index contributed by atoms with van der Waals surface area (Å²) in [4.78, 5) is 7.08. The summed E-state index contributed by atoms with van der Waals surface area (Å²) < 4.78 is 11.3. The van der Waals surface area contributed by atoms with E-state index in [1.807, 2.05) is 24.3 Å².